The number of fused-ring (bicyclic) bond motifs is 1. The van der Waals surface area contributed by atoms with E-state index >= 15 is 0 Å². The molecule has 3 heteroatoms. The highest BCUT2D eigenvalue weighted by atomic mass is 16.5. The summed E-state index contributed by atoms with van der Waals surface area (Å²) in [7, 11) is 0. The smallest absolute Gasteiger partial charge is 0.119 e. The number of ether oxygens (including phenoxy) is 1. The van der Waals surface area contributed by atoms with Gasteiger partial charge in [0.15, 0.2) is 0 Å². The molecule has 1 aromatic heterocycles. The van der Waals surface area contributed by atoms with E-state index in [1.54, 1.807) is 0 Å². The molecule has 0 aliphatic carbocycles. The van der Waals surface area contributed by atoms with Crippen molar-refractivity contribution in [2.45, 2.75) is 96.8 Å². The Morgan fingerprint density at radius 2 is 1.15 bits per heavy atom. The lowest BCUT2D eigenvalue weighted by atomic mass is 10.0. The number of hydrogen-bond donors (Lipinski definition) is 0. The lowest BCUT2D eigenvalue weighted by Gasteiger charge is -2.08. The van der Waals surface area contributed by atoms with E-state index in [0.717, 1.165) is 41.1 Å². The normalized spacial score (nSPS) is 11.2. The summed E-state index contributed by atoms with van der Waals surface area (Å²) in [5.41, 5.74) is 3.81. The molecule has 0 aliphatic rings. The van der Waals surface area contributed by atoms with Gasteiger partial charge in [-0.25, -0.2) is 4.98 Å². The minimum Gasteiger partial charge on any atom is -0.494 e. The van der Waals surface area contributed by atoms with Crippen LogP contribution in [-0.2, 0) is 0 Å². The summed E-state index contributed by atoms with van der Waals surface area (Å²) in [6.45, 7) is 3.09. The molecule has 0 unspecified atom stereocenters. The average molecular weight is 447 g/mol. The molecule has 0 radical (unpaired) electrons. The molecule has 0 saturated carbocycles. The Kier molecular flexibility index (Phi) is 11.8. The molecular formula is C30H42N2O. The highest BCUT2D eigenvalue weighted by Gasteiger charge is 2.03. The summed E-state index contributed by atoms with van der Waals surface area (Å²) in [5.74, 6) is 0.933. The van der Waals surface area contributed by atoms with Crippen molar-refractivity contribution in [1.29, 1.82) is 0 Å². The predicted molar refractivity (Wildman–Crippen MR) is 141 cm³/mol. The van der Waals surface area contributed by atoms with Crippen molar-refractivity contribution >= 4 is 11.0 Å². The monoisotopic (exact) mass is 446 g/mol. The van der Waals surface area contributed by atoms with E-state index in [2.05, 4.69) is 24.0 Å². The van der Waals surface area contributed by atoms with Gasteiger partial charge in [0.1, 0.15) is 5.75 Å². The van der Waals surface area contributed by atoms with Gasteiger partial charge in [0.25, 0.3) is 0 Å². The van der Waals surface area contributed by atoms with Crippen LogP contribution in [0.4, 0.5) is 0 Å². The van der Waals surface area contributed by atoms with Crippen molar-refractivity contribution in [2.75, 3.05) is 6.61 Å². The second-order valence-corrected chi connectivity index (χ2v) is 9.21. The molecule has 0 N–H and O–H groups in total. The third-order valence-corrected chi connectivity index (χ3v) is 6.37. The Labute approximate surface area is 201 Å². The van der Waals surface area contributed by atoms with E-state index in [1.165, 1.54) is 83.5 Å². The molecule has 3 rings (SSSR count). The molecule has 0 saturated heterocycles. The van der Waals surface area contributed by atoms with E-state index in [-0.39, 0.29) is 0 Å². The van der Waals surface area contributed by atoms with Crippen LogP contribution in [0.2, 0.25) is 0 Å². The Morgan fingerprint density at radius 3 is 1.76 bits per heavy atom. The minimum atomic E-state index is 0.799. The molecule has 3 aromatic rings. The summed E-state index contributed by atoms with van der Waals surface area (Å²) in [6, 6.07) is 16.2. The second kappa shape index (κ2) is 15.4. The molecule has 0 spiro atoms. The van der Waals surface area contributed by atoms with Crippen LogP contribution in [0.3, 0.4) is 0 Å². The van der Waals surface area contributed by atoms with Gasteiger partial charge in [-0.15, -0.1) is 0 Å². The van der Waals surface area contributed by atoms with Crippen molar-refractivity contribution < 1.29 is 4.74 Å². The fourth-order valence-electron chi connectivity index (χ4n) is 4.30. The largest absolute Gasteiger partial charge is 0.494 e. The second-order valence-electron chi connectivity index (χ2n) is 9.21. The number of para-hydroxylation sites is 2. The maximum absolute atomic E-state index is 5.94. The first-order chi connectivity index (χ1) is 16.4. The fraction of sp³-hybridized carbons (Fsp3) is 0.533. The molecular weight excluding hydrogens is 404 g/mol. The Balaban J connectivity index is 1.20. The molecule has 33 heavy (non-hydrogen) atoms. The summed E-state index contributed by atoms with van der Waals surface area (Å²) in [5, 5.41) is 0. The van der Waals surface area contributed by atoms with Gasteiger partial charge < -0.3 is 4.74 Å². The zero-order valence-electron chi connectivity index (χ0n) is 20.6. The molecule has 3 nitrogen and oxygen atoms in total. The molecule has 0 atom stereocenters. The van der Waals surface area contributed by atoms with E-state index in [9.17, 15) is 0 Å². The number of nitrogens with zero attached hydrogens (tertiary/aromatic N) is 2. The van der Waals surface area contributed by atoms with Gasteiger partial charge in [0.2, 0.25) is 0 Å². The molecule has 0 bridgehead atoms. The van der Waals surface area contributed by atoms with Crippen LogP contribution in [0.25, 0.3) is 22.3 Å². The van der Waals surface area contributed by atoms with Crippen LogP contribution in [0, 0.1) is 0 Å². The third kappa shape index (κ3) is 9.53. The number of aromatic nitrogens is 2. The van der Waals surface area contributed by atoms with E-state index in [0.29, 0.717) is 0 Å². The average Bonchev–Trinajstić information content (AvgIpc) is 2.86. The first kappa shape index (κ1) is 25.2. The van der Waals surface area contributed by atoms with Gasteiger partial charge in [-0.05, 0) is 42.8 Å². The van der Waals surface area contributed by atoms with Crippen LogP contribution >= 0.6 is 0 Å². The highest BCUT2D eigenvalue weighted by molar-refractivity contribution is 5.76. The Hall–Kier alpha value is -2.42. The Morgan fingerprint density at radius 1 is 0.606 bits per heavy atom. The maximum atomic E-state index is 5.94. The molecule has 2 aromatic carbocycles. The van der Waals surface area contributed by atoms with Crippen molar-refractivity contribution in [3.8, 4) is 17.0 Å². The summed E-state index contributed by atoms with van der Waals surface area (Å²) < 4.78 is 5.94. The zero-order valence-corrected chi connectivity index (χ0v) is 20.6. The van der Waals surface area contributed by atoms with Crippen molar-refractivity contribution in [1.82, 2.24) is 9.97 Å². The third-order valence-electron chi connectivity index (χ3n) is 6.37. The van der Waals surface area contributed by atoms with Crippen LogP contribution in [-0.4, -0.2) is 16.6 Å². The van der Waals surface area contributed by atoms with Gasteiger partial charge in [0.05, 0.1) is 29.5 Å². The molecule has 0 amide bonds. The summed E-state index contributed by atoms with van der Waals surface area (Å²) in [6.07, 6.45) is 21.2. The SMILES string of the molecule is CCCCCCCCCCCCCCCCOc1ccc(-c2cnc3ccccc3n2)cc1. The highest BCUT2D eigenvalue weighted by Crippen LogP contribution is 2.22. The van der Waals surface area contributed by atoms with Crippen LogP contribution in [0.1, 0.15) is 96.8 Å². The Bertz CT molecular complexity index is 907. The topological polar surface area (TPSA) is 35.0 Å². The molecule has 178 valence electrons. The van der Waals surface area contributed by atoms with Gasteiger partial charge in [0, 0.05) is 5.56 Å². The standard InChI is InChI=1S/C30H42N2O/c1-2-3-4-5-6-7-8-9-10-11-12-13-14-17-24-33-27-22-20-26(21-23-27)30-25-31-28-18-15-16-19-29(28)32-30/h15-16,18-23,25H,2-14,17,24H2,1H3. The fourth-order valence-corrected chi connectivity index (χ4v) is 4.30. The first-order valence-electron chi connectivity index (χ1n) is 13.3. The van der Waals surface area contributed by atoms with E-state index < -0.39 is 0 Å². The van der Waals surface area contributed by atoms with Gasteiger partial charge in [-0.2, -0.15) is 0 Å². The number of rotatable bonds is 17. The van der Waals surface area contributed by atoms with Crippen molar-refractivity contribution in [3.63, 3.8) is 0 Å². The first-order valence-corrected chi connectivity index (χ1v) is 13.3. The number of benzene rings is 2. The minimum absolute atomic E-state index is 0.799. The summed E-state index contributed by atoms with van der Waals surface area (Å²) in [4.78, 5) is 9.23. The molecule has 0 aliphatic heterocycles. The van der Waals surface area contributed by atoms with E-state index in [1.807, 2.05) is 42.6 Å². The van der Waals surface area contributed by atoms with Crippen LogP contribution in [0.15, 0.2) is 54.7 Å². The maximum Gasteiger partial charge on any atom is 0.119 e. The lowest BCUT2D eigenvalue weighted by Crippen LogP contribution is -1.97. The lowest BCUT2D eigenvalue weighted by molar-refractivity contribution is 0.304. The van der Waals surface area contributed by atoms with E-state index in [4.69, 9.17) is 9.72 Å². The zero-order chi connectivity index (χ0) is 23.0. The summed E-state index contributed by atoms with van der Waals surface area (Å²) >= 11 is 0. The van der Waals surface area contributed by atoms with Gasteiger partial charge >= 0.3 is 0 Å². The molecule has 0 fully saturated rings. The number of unbranched alkanes of at least 4 members (excludes halogenated alkanes) is 13. The van der Waals surface area contributed by atoms with Crippen molar-refractivity contribution in [2.24, 2.45) is 0 Å². The van der Waals surface area contributed by atoms with Crippen molar-refractivity contribution in [3.05, 3.63) is 54.7 Å². The van der Waals surface area contributed by atoms with Gasteiger partial charge in [-0.1, -0.05) is 103 Å². The van der Waals surface area contributed by atoms with Crippen LogP contribution < -0.4 is 4.74 Å². The molecule has 1 heterocycles. The van der Waals surface area contributed by atoms with Gasteiger partial charge in [-0.3, -0.25) is 4.98 Å². The predicted octanol–water partition coefficient (Wildman–Crippen LogP) is 9.16. The quantitative estimate of drug-likeness (QED) is 0.194. The number of hydrogen-bond acceptors (Lipinski definition) is 3. The van der Waals surface area contributed by atoms with Crippen LogP contribution in [0.5, 0.6) is 5.75 Å².